The lowest BCUT2D eigenvalue weighted by Gasteiger charge is -2.40. The molecule has 0 aliphatic carbocycles. The van der Waals surface area contributed by atoms with E-state index < -0.39 is 41.7 Å². The zero-order valence-electron chi connectivity index (χ0n) is 25.0. The largest absolute Gasteiger partial charge is 0.394 e. The van der Waals surface area contributed by atoms with E-state index in [0.717, 1.165) is 5.56 Å². The quantitative estimate of drug-likeness (QED) is 0.375. The summed E-state index contributed by atoms with van der Waals surface area (Å²) in [4.78, 5) is 48.5. The van der Waals surface area contributed by atoms with Crippen molar-refractivity contribution >= 4 is 35.0 Å². The molecule has 6 atom stereocenters. The number of aliphatic hydroxyl groups excluding tert-OH is 1. The van der Waals surface area contributed by atoms with E-state index in [0.29, 0.717) is 42.1 Å². The van der Waals surface area contributed by atoms with E-state index in [-0.39, 0.29) is 24.3 Å². The molecule has 2 aromatic carbocycles. The Labute approximate surface area is 258 Å². The number of aliphatic hydroxyl groups is 1. The van der Waals surface area contributed by atoms with Crippen LogP contribution in [0.3, 0.4) is 0 Å². The maximum atomic E-state index is 15.0. The minimum absolute atomic E-state index is 0.140. The molecule has 2 unspecified atom stereocenters. The normalized spacial score (nSPS) is 28.0. The van der Waals surface area contributed by atoms with Crippen LogP contribution in [0.15, 0.2) is 73.8 Å². The van der Waals surface area contributed by atoms with Crippen LogP contribution in [0, 0.1) is 18.8 Å². The summed E-state index contributed by atoms with van der Waals surface area (Å²) >= 11 is 6.69. The molecule has 0 saturated carbocycles. The number of para-hydroxylation sites is 1. The van der Waals surface area contributed by atoms with E-state index in [2.05, 4.69) is 13.2 Å². The maximum absolute atomic E-state index is 15.0. The monoisotopic (exact) mass is 605 g/mol. The van der Waals surface area contributed by atoms with Gasteiger partial charge in [0.2, 0.25) is 11.8 Å². The summed E-state index contributed by atoms with van der Waals surface area (Å²) in [7, 11) is 1.69. The number of amides is 3. The van der Waals surface area contributed by atoms with Gasteiger partial charge in [0.15, 0.2) is 0 Å². The third-order valence-corrected chi connectivity index (χ3v) is 9.93. The topological polar surface area (TPSA) is 90.4 Å². The van der Waals surface area contributed by atoms with Gasteiger partial charge in [-0.3, -0.25) is 14.4 Å². The Morgan fingerprint density at radius 3 is 2.42 bits per heavy atom. The maximum Gasteiger partial charge on any atom is 0.253 e. The first-order chi connectivity index (χ1) is 20.6. The van der Waals surface area contributed by atoms with Gasteiger partial charge in [-0.25, -0.2) is 0 Å². The van der Waals surface area contributed by atoms with Crippen molar-refractivity contribution in [3.05, 3.63) is 90.0 Å². The first-order valence-electron chi connectivity index (χ1n) is 14.8. The molecule has 9 heteroatoms. The molecule has 8 nitrogen and oxygen atoms in total. The van der Waals surface area contributed by atoms with Crippen molar-refractivity contribution in [2.75, 3.05) is 31.6 Å². The number of likely N-dealkylation sites (N-methyl/N-ethyl adjacent to an activating group) is 1. The number of aryl methyl sites for hydroxylation is 1. The molecule has 43 heavy (non-hydrogen) atoms. The summed E-state index contributed by atoms with van der Waals surface area (Å²) in [6.07, 6.45) is 4.74. The number of likely N-dealkylation sites (tertiary alicyclic amines) is 1. The summed E-state index contributed by atoms with van der Waals surface area (Å²) in [5.41, 5.74) is -0.158. The second kappa shape index (κ2) is 11.9. The lowest BCUT2D eigenvalue weighted by Crippen LogP contribution is -2.57. The Morgan fingerprint density at radius 2 is 1.81 bits per heavy atom. The van der Waals surface area contributed by atoms with E-state index in [1.165, 1.54) is 4.90 Å². The highest BCUT2D eigenvalue weighted by molar-refractivity contribution is 6.34. The van der Waals surface area contributed by atoms with E-state index in [4.69, 9.17) is 16.3 Å². The second-order valence-electron chi connectivity index (χ2n) is 11.8. The fourth-order valence-electron chi connectivity index (χ4n) is 7.73. The highest BCUT2D eigenvalue weighted by atomic mass is 35.5. The Balaban J connectivity index is 1.71. The van der Waals surface area contributed by atoms with Gasteiger partial charge in [0.25, 0.3) is 5.91 Å². The van der Waals surface area contributed by atoms with Gasteiger partial charge >= 0.3 is 0 Å². The van der Waals surface area contributed by atoms with Crippen molar-refractivity contribution < 1.29 is 24.2 Å². The number of nitrogens with zero attached hydrogens (tertiary/aromatic N) is 3. The van der Waals surface area contributed by atoms with Crippen LogP contribution in [0.1, 0.15) is 43.4 Å². The predicted molar refractivity (Wildman–Crippen MR) is 167 cm³/mol. The third-order valence-electron chi connectivity index (χ3n) is 9.63. The number of benzene rings is 2. The van der Waals surface area contributed by atoms with Crippen LogP contribution in [-0.2, 0) is 19.1 Å². The molecule has 2 aromatic rings. The first kappa shape index (κ1) is 31.0. The fraction of sp³-hybridized carbons (Fsp3) is 0.441. The average molecular weight is 606 g/mol. The van der Waals surface area contributed by atoms with E-state index >= 15 is 4.79 Å². The molecule has 3 aliphatic heterocycles. The highest BCUT2D eigenvalue weighted by Gasteiger charge is 2.79. The molecule has 1 spiro atoms. The van der Waals surface area contributed by atoms with Crippen molar-refractivity contribution in [3.63, 3.8) is 0 Å². The van der Waals surface area contributed by atoms with Crippen LogP contribution in [0.2, 0.25) is 5.02 Å². The van der Waals surface area contributed by atoms with Crippen LogP contribution in [0.4, 0.5) is 5.69 Å². The van der Waals surface area contributed by atoms with Gasteiger partial charge < -0.3 is 24.5 Å². The molecule has 3 fully saturated rings. The summed E-state index contributed by atoms with van der Waals surface area (Å²) < 4.78 is 6.95. The summed E-state index contributed by atoms with van der Waals surface area (Å²) in [6, 6.07) is 12.6. The summed E-state index contributed by atoms with van der Waals surface area (Å²) in [5.74, 6) is -2.64. The Kier molecular flexibility index (Phi) is 8.58. The smallest absolute Gasteiger partial charge is 0.253 e. The van der Waals surface area contributed by atoms with E-state index in [9.17, 15) is 14.7 Å². The second-order valence-corrected chi connectivity index (χ2v) is 12.2. The number of hydrogen-bond donors (Lipinski definition) is 1. The molecule has 3 aliphatic rings. The van der Waals surface area contributed by atoms with Gasteiger partial charge in [0.1, 0.15) is 11.6 Å². The molecule has 5 rings (SSSR count). The molecule has 3 heterocycles. The molecule has 0 aromatic heterocycles. The molecule has 1 N–H and O–H groups in total. The molecule has 2 bridgehead atoms. The number of halogens is 1. The van der Waals surface area contributed by atoms with Gasteiger partial charge in [0, 0.05) is 20.1 Å². The zero-order chi connectivity index (χ0) is 31.1. The Bertz CT molecular complexity index is 1410. The lowest BCUT2D eigenvalue weighted by atomic mass is 9.64. The molecule has 3 amide bonds. The number of carbonyl (C=O) groups is 3. The molecule has 0 radical (unpaired) electrons. The van der Waals surface area contributed by atoms with Crippen LogP contribution < -0.4 is 4.90 Å². The Hall–Kier alpha value is -3.46. The molecular weight excluding hydrogens is 566 g/mol. The van der Waals surface area contributed by atoms with Crippen molar-refractivity contribution in [2.45, 2.75) is 56.4 Å². The number of ether oxygens (including phenoxy) is 1. The van der Waals surface area contributed by atoms with Crippen LogP contribution in [0.5, 0.6) is 0 Å². The molecule has 228 valence electrons. The molecule has 3 saturated heterocycles. The fourth-order valence-corrected chi connectivity index (χ4v) is 8.05. The van der Waals surface area contributed by atoms with Crippen molar-refractivity contribution in [1.29, 1.82) is 0 Å². The van der Waals surface area contributed by atoms with Crippen LogP contribution in [0.25, 0.3) is 0 Å². The van der Waals surface area contributed by atoms with Gasteiger partial charge in [-0.1, -0.05) is 73.1 Å². The third kappa shape index (κ3) is 4.71. The van der Waals surface area contributed by atoms with Crippen molar-refractivity contribution in [1.82, 2.24) is 9.80 Å². The number of rotatable bonds is 11. The zero-order valence-corrected chi connectivity index (χ0v) is 25.8. The van der Waals surface area contributed by atoms with Crippen LogP contribution in [-0.4, -0.2) is 76.6 Å². The lowest BCUT2D eigenvalue weighted by molar-refractivity contribution is -0.153. The van der Waals surface area contributed by atoms with E-state index in [1.807, 2.05) is 56.3 Å². The summed E-state index contributed by atoms with van der Waals surface area (Å²) in [6.45, 7) is 11.5. The number of anilines is 1. The predicted octanol–water partition coefficient (Wildman–Crippen LogP) is 4.70. The highest BCUT2D eigenvalue weighted by Crippen LogP contribution is 2.65. The van der Waals surface area contributed by atoms with E-state index in [1.54, 1.807) is 35.1 Å². The van der Waals surface area contributed by atoms with Gasteiger partial charge in [-0.05, 0) is 43.4 Å². The van der Waals surface area contributed by atoms with Crippen LogP contribution >= 0.6 is 11.6 Å². The average Bonchev–Trinajstić information content (AvgIpc) is 3.61. The SMILES string of the molecule is C=CCN(C)C(=O)[C@@H]1[C@H]2C(=O)N([C@H](CO)c3ccccc3)C(C(=O)N(CC=C)c3c(C)cccc3Cl)C23CC[C@@]1(CC)O3. The standard InChI is InChI=1S/C34H40ClN3O5/c1-6-19-36(5)30(40)26-27-31(41)38(25(21-39)23-14-10-9-11-15-23)29(34(27)18-17-33(26,8-3)43-34)32(42)37(20-7-2)28-22(4)13-12-16-24(28)35/h6-7,9-16,25-27,29,39H,1-2,8,17-21H2,3-5H3/t25-,26+,27+,29?,33-,34?/m1/s1. The number of hydrogen-bond acceptors (Lipinski definition) is 5. The van der Waals surface area contributed by atoms with Crippen molar-refractivity contribution in [3.8, 4) is 0 Å². The minimum atomic E-state index is -1.27. The van der Waals surface area contributed by atoms with Crippen molar-refractivity contribution in [2.24, 2.45) is 11.8 Å². The van der Waals surface area contributed by atoms with Gasteiger partial charge in [-0.2, -0.15) is 0 Å². The minimum Gasteiger partial charge on any atom is -0.394 e. The summed E-state index contributed by atoms with van der Waals surface area (Å²) in [5, 5.41) is 11.2. The Morgan fingerprint density at radius 1 is 1.12 bits per heavy atom. The first-order valence-corrected chi connectivity index (χ1v) is 15.2. The molecular formula is C34H40ClN3O5. The number of fused-ring (bicyclic) bond motifs is 1. The van der Waals surface area contributed by atoms with Gasteiger partial charge in [0.05, 0.1) is 40.8 Å². The number of carbonyl (C=O) groups excluding carboxylic acids is 3. The van der Waals surface area contributed by atoms with Gasteiger partial charge in [-0.15, -0.1) is 13.2 Å².